The third kappa shape index (κ3) is 2.96. The van der Waals surface area contributed by atoms with Crippen LogP contribution in [0.1, 0.15) is 6.92 Å². The first-order valence-corrected chi connectivity index (χ1v) is 6.51. The maximum Gasteiger partial charge on any atom is 0.236 e. The third-order valence-electron chi connectivity index (χ3n) is 2.69. The maximum atomic E-state index is 13.9. The number of aromatic nitrogens is 3. The zero-order valence-corrected chi connectivity index (χ0v) is 12.3. The van der Waals surface area contributed by atoms with Gasteiger partial charge in [0.25, 0.3) is 0 Å². The molecular weight excluding hydrogens is 281 g/mol. The predicted molar refractivity (Wildman–Crippen MR) is 78.2 cm³/mol. The number of hydrogen-bond donors (Lipinski definition) is 0. The fourth-order valence-corrected chi connectivity index (χ4v) is 1.89. The van der Waals surface area contributed by atoms with Gasteiger partial charge in [0.1, 0.15) is 5.82 Å². The fraction of sp³-hybridized carbons (Fsp3) is 0.308. The molecule has 1 aromatic carbocycles. The first-order valence-electron chi connectivity index (χ1n) is 6.14. The molecule has 0 bridgehead atoms. The number of anilines is 3. The lowest BCUT2D eigenvalue weighted by Crippen LogP contribution is -2.22. The Morgan fingerprint density at radius 3 is 2.35 bits per heavy atom. The van der Waals surface area contributed by atoms with Gasteiger partial charge in [0.2, 0.25) is 17.2 Å². The van der Waals surface area contributed by atoms with Crippen molar-refractivity contribution < 1.29 is 4.39 Å². The Bertz CT molecular complexity index is 605. The number of halogens is 2. The molecule has 0 aliphatic heterocycles. The molecule has 0 unspecified atom stereocenters. The highest BCUT2D eigenvalue weighted by molar-refractivity contribution is 6.28. The lowest BCUT2D eigenvalue weighted by atomic mass is 10.3. The van der Waals surface area contributed by atoms with Crippen LogP contribution in [0.25, 0.3) is 0 Å². The second kappa shape index (κ2) is 6.00. The standard InChI is InChI=1S/C13H15ClFN5/c1-4-20(10-8-6-5-7-9(10)15)13-17-11(14)16-12(18-13)19(2)3/h5-8H,4H2,1-3H3. The molecule has 0 aliphatic rings. The van der Waals surface area contributed by atoms with Gasteiger partial charge in [-0.15, -0.1) is 0 Å². The van der Waals surface area contributed by atoms with Crippen molar-refractivity contribution in [3.8, 4) is 0 Å². The van der Waals surface area contributed by atoms with E-state index in [-0.39, 0.29) is 11.1 Å². The summed E-state index contributed by atoms with van der Waals surface area (Å²) in [4.78, 5) is 15.8. The summed E-state index contributed by atoms with van der Waals surface area (Å²) < 4.78 is 13.9. The van der Waals surface area contributed by atoms with Crippen molar-refractivity contribution in [2.75, 3.05) is 30.4 Å². The van der Waals surface area contributed by atoms with Crippen LogP contribution in [0.3, 0.4) is 0 Å². The largest absolute Gasteiger partial charge is 0.347 e. The molecule has 0 fully saturated rings. The molecule has 5 nitrogen and oxygen atoms in total. The van der Waals surface area contributed by atoms with Crippen LogP contribution in [-0.2, 0) is 0 Å². The third-order valence-corrected chi connectivity index (χ3v) is 2.85. The number of rotatable bonds is 4. The number of para-hydroxylation sites is 1. The van der Waals surface area contributed by atoms with Gasteiger partial charge < -0.3 is 9.80 Å². The highest BCUT2D eigenvalue weighted by Gasteiger charge is 2.16. The molecular formula is C13H15ClFN5. The van der Waals surface area contributed by atoms with Crippen LogP contribution in [0.2, 0.25) is 5.28 Å². The summed E-state index contributed by atoms with van der Waals surface area (Å²) in [5.74, 6) is 0.411. The molecule has 0 atom stereocenters. The smallest absolute Gasteiger partial charge is 0.236 e. The van der Waals surface area contributed by atoms with E-state index in [1.54, 1.807) is 42.1 Å². The Labute approximate surface area is 122 Å². The minimum Gasteiger partial charge on any atom is -0.347 e. The molecule has 2 rings (SSSR count). The Kier molecular flexibility index (Phi) is 4.34. The lowest BCUT2D eigenvalue weighted by molar-refractivity contribution is 0.624. The first-order chi connectivity index (χ1) is 9.52. The summed E-state index contributed by atoms with van der Waals surface area (Å²) in [5, 5.41) is 0.0773. The summed E-state index contributed by atoms with van der Waals surface area (Å²) >= 11 is 5.91. The molecule has 0 saturated carbocycles. The van der Waals surface area contributed by atoms with Gasteiger partial charge in [-0.3, -0.25) is 0 Å². The van der Waals surface area contributed by atoms with Gasteiger partial charge in [-0.25, -0.2) is 4.39 Å². The van der Waals surface area contributed by atoms with Gasteiger partial charge in [-0.2, -0.15) is 15.0 Å². The van der Waals surface area contributed by atoms with Crippen molar-refractivity contribution in [2.45, 2.75) is 6.92 Å². The van der Waals surface area contributed by atoms with Crippen LogP contribution < -0.4 is 9.80 Å². The van der Waals surface area contributed by atoms with E-state index in [1.165, 1.54) is 6.07 Å². The molecule has 0 amide bonds. The minimum atomic E-state index is -0.336. The quantitative estimate of drug-likeness (QED) is 0.868. The van der Waals surface area contributed by atoms with Crippen LogP contribution in [0.5, 0.6) is 0 Å². The average Bonchev–Trinajstić information content (AvgIpc) is 2.41. The zero-order chi connectivity index (χ0) is 14.7. The van der Waals surface area contributed by atoms with Gasteiger partial charge in [0.15, 0.2) is 0 Å². The average molecular weight is 296 g/mol. The summed E-state index contributed by atoms with van der Waals surface area (Å²) in [6, 6.07) is 6.47. The van der Waals surface area contributed by atoms with Crippen molar-refractivity contribution in [1.29, 1.82) is 0 Å². The Morgan fingerprint density at radius 2 is 1.75 bits per heavy atom. The first kappa shape index (κ1) is 14.5. The molecule has 0 radical (unpaired) electrons. The normalized spacial score (nSPS) is 10.4. The fourth-order valence-electron chi connectivity index (χ4n) is 1.74. The van der Waals surface area contributed by atoms with Gasteiger partial charge in [-0.1, -0.05) is 12.1 Å². The van der Waals surface area contributed by atoms with Gasteiger partial charge in [-0.05, 0) is 30.7 Å². The van der Waals surface area contributed by atoms with Crippen molar-refractivity contribution in [3.05, 3.63) is 35.4 Å². The summed E-state index contributed by atoms with van der Waals surface area (Å²) in [5.41, 5.74) is 0.405. The van der Waals surface area contributed by atoms with Crippen molar-refractivity contribution in [3.63, 3.8) is 0 Å². The summed E-state index contributed by atoms with van der Waals surface area (Å²) in [6.45, 7) is 2.40. The van der Waals surface area contributed by atoms with Gasteiger partial charge in [0.05, 0.1) is 5.69 Å². The van der Waals surface area contributed by atoms with Gasteiger partial charge >= 0.3 is 0 Å². The maximum absolute atomic E-state index is 13.9. The minimum absolute atomic E-state index is 0.0773. The van der Waals surface area contributed by atoms with Crippen molar-refractivity contribution >= 4 is 29.2 Å². The Morgan fingerprint density at radius 1 is 1.10 bits per heavy atom. The molecule has 0 N–H and O–H groups in total. The van der Waals surface area contributed by atoms with E-state index in [4.69, 9.17) is 11.6 Å². The topological polar surface area (TPSA) is 45.2 Å². The number of nitrogens with zero attached hydrogens (tertiary/aromatic N) is 5. The summed E-state index contributed by atoms with van der Waals surface area (Å²) in [6.07, 6.45) is 0. The summed E-state index contributed by atoms with van der Waals surface area (Å²) in [7, 11) is 3.60. The van der Waals surface area contributed by atoms with Gasteiger partial charge in [0, 0.05) is 20.6 Å². The van der Waals surface area contributed by atoms with E-state index in [0.717, 1.165) is 0 Å². The highest BCUT2D eigenvalue weighted by Crippen LogP contribution is 2.26. The molecule has 1 aromatic heterocycles. The molecule has 106 valence electrons. The van der Waals surface area contributed by atoms with Crippen LogP contribution >= 0.6 is 11.6 Å². The molecule has 0 spiro atoms. The molecule has 0 aliphatic carbocycles. The Hall–Kier alpha value is -1.95. The molecule has 7 heteroatoms. The molecule has 20 heavy (non-hydrogen) atoms. The zero-order valence-electron chi connectivity index (χ0n) is 11.5. The number of hydrogen-bond acceptors (Lipinski definition) is 5. The van der Waals surface area contributed by atoms with E-state index < -0.39 is 0 Å². The monoisotopic (exact) mass is 295 g/mol. The van der Waals surface area contributed by atoms with Crippen molar-refractivity contribution in [2.24, 2.45) is 0 Å². The van der Waals surface area contributed by atoms with Crippen LogP contribution in [0, 0.1) is 5.82 Å². The molecule has 2 aromatic rings. The predicted octanol–water partition coefficient (Wildman–Crippen LogP) is 2.89. The van der Waals surface area contributed by atoms with E-state index in [2.05, 4.69) is 15.0 Å². The second-order valence-electron chi connectivity index (χ2n) is 4.29. The Balaban J connectivity index is 2.50. The van der Waals surface area contributed by atoms with Crippen LogP contribution in [0.15, 0.2) is 24.3 Å². The second-order valence-corrected chi connectivity index (χ2v) is 4.63. The highest BCUT2D eigenvalue weighted by atomic mass is 35.5. The van der Waals surface area contributed by atoms with Crippen LogP contribution in [-0.4, -0.2) is 35.6 Å². The number of benzene rings is 1. The SMILES string of the molecule is CCN(c1nc(Cl)nc(N(C)C)n1)c1ccccc1F. The van der Waals surface area contributed by atoms with E-state index in [0.29, 0.717) is 24.1 Å². The lowest BCUT2D eigenvalue weighted by Gasteiger charge is -2.22. The molecule has 0 saturated heterocycles. The van der Waals surface area contributed by atoms with E-state index in [1.807, 2.05) is 6.92 Å². The molecule has 1 heterocycles. The van der Waals surface area contributed by atoms with E-state index >= 15 is 0 Å². The van der Waals surface area contributed by atoms with Crippen molar-refractivity contribution in [1.82, 2.24) is 15.0 Å². The van der Waals surface area contributed by atoms with Crippen LogP contribution in [0.4, 0.5) is 22.0 Å². The van der Waals surface area contributed by atoms with E-state index in [9.17, 15) is 4.39 Å².